The van der Waals surface area contributed by atoms with Gasteiger partial charge in [-0.3, -0.25) is 9.79 Å². The predicted octanol–water partition coefficient (Wildman–Crippen LogP) is 2.49. The third-order valence-electron chi connectivity index (χ3n) is 4.86. The van der Waals surface area contributed by atoms with Crippen molar-refractivity contribution in [3.63, 3.8) is 0 Å². The summed E-state index contributed by atoms with van der Waals surface area (Å²) in [6.45, 7) is 3.29. The van der Waals surface area contributed by atoms with Crippen LogP contribution in [-0.4, -0.2) is 56.5 Å². The minimum atomic E-state index is -0.273. The predicted molar refractivity (Wildman–Crippen MR) is 115 cm³/mol. The second-order valence-electron chi connectivity index (χ2n) is 6.71. The molecule has 0 bridgehead atoms. The maximum atomic E-state index is 13.7. The Kier molecular flexibility index (Phi) is 7.30. The molecule has 2 aromatic carbocycles. The summed E-state index contributed by atoms with van der Waals surface area (Å²) in [5, 5.41) is 6.74. The van der Waals surface area contributed by atoms with E-state index in [-0.39, 0.29) is 18.3 Å². The van der Waals surface area contributed by atoms with Crippen molar-refractivity contribution >= 4 is 29.2 Å². The van der Waals surface area contributed by atoms with Crippen LogP contribution in [0.5, 0.6) is 0 Å². The molecule has 0 radical (unpaired) electrons. The van der Waals surface area contributed by atoms with Crippen LogP contribution in [0.25, 0.3) is 0 Å². The fraction of sp³-hybridized carbons (Fsp3) is 0.333. The molecule has 154 valence electrons. The van der Waals surface area contributed by atoms with Crippen molar-refractivity contribution in [1.82, 2.24) is 15.5 Å². The van der Waals surface area contributed by atoms with Gasteiger partial charge < -0.3 is 20.4 Å². The zero-order valence-electron chi connectivity index (χ0n) is 16.4. The number of anilines is 1. The lowest BCUT2D eigenvalue weighted by Crippen LogP contribution is -2.52. The van der Waals surface area contributed by atoms with Crippen molar-refractivity contribution in [3.8, 4) is 0 Å². The molecule has 1 aliphatic rings. The van der Waals surface area contributed by atoms with Crippen LogP contribution < -0.4 is 15.5 Å². The topological polar surface area (TPSA) is 60.0 Å². The summed E-state index contributed by atoms with van der Waals surface area (Å²) in [6, 6.07) is 14.3. The number of guanidine groups is 1. The first-order chi connectivity index (χ1) is 14.1. The van der Waals surface area contributed by atoms with Gasteiger partial charge in [-0.1, -0.05) is 29.8 Å². The molecule has 6 nitrogen and oxygen atoms in total. The van der Waals surface area contributed by atoms with Gasteiger partial charge in [0.1, 0.15) is 5.82 Å². The fourth-order valence-corrected chi connectivity index (χ4v) is 3.30. The molecule has 1 fully saturated rings. The average molecular weight is 418 g/mol. The lowest BCUT2D eigenvalue weighted by Gasteiger charge is -2.36. The Bertz CT molecular complexity index is 850. The lowest BCUT2D eigenvalue weighted by molar-refractivity contribution is -0.130. The van der Waals surface area contributed by atoms with E-state index in [2.05, 4.69) is 20.5 Å². The van der Waals surface area contributed by atoms with Crippen molar-refractivity contribution in [2.75, 3.05) is 44.7 Å². The maximum Gasteiger partial charge on any atom is 0.242 e. The summed E-state index contributed by atoms with van der Waals surface area (Å²) in [5.41, 5.74) is 1.65. The van der Waals surface area contributed by atoms with Gasteiger partial charge in [0, 0.05) is 56.0 Å². The van der Waals surface area contributed by atoms with Crippen LogP contribution in [0.2, 0.25) is 5.02 Å². The van der Waals surface area contributed by atoms with Gasteiger partial charge in [-0.15, -0.1) is 0 Å². The second-order valence-corrected chi connectivity index (χ2v) is 7.15. The monoisotopic (exact) mass is 417 g/mol. The average Bonchev–Trinajstić information content (AvgIpc) is 2.75. The smallest absolute Gasteiger partial charge is 0.242 e. The summed E-state index contributed by atoms with van der Waals surface area (Å²) in [6.07, 6.45) is 0. The van der Waals surface area contributed by atoms with E-state index in [1.165, 1.54) is 6.07 Å². The van der Waals surface area contributed by atoms with Crippen LogP contribution in [-0.2, 0) is 11.3 Å². The summed E-state index contributed by atoms with van der Waals surface area (Å²) in [4.78, 5) is 20.7. The maximum absolute atomic E-state index is 13.7. The number of carbonyl (C=O) groups is 1. The Morgan fingerprint density at radius 1 is 1.07 bits per heavy atom. The molecule has 1 saturated heterocycles. The molecule has 1 amide bonds. The normalized spacial score (nSPS) is 14.7. The number of rotatable bonds is 5. The number of nitrogens with one attached hydrogen (secondary N) is 2. The molecule has 29 heavy (non-hydrogen) atoms. The first-order valence-corrected chi connectivity index (χ1v) is 9.91. The van der Waals surface area contributed by atoms with Gasteiger partial charge in [-0.05, 0) is 30.3 Å². The van der Waals surface area contributed by atoms with Crippen LogP contribution in [0.4, 0.5) is 10.1 Å². The van der Waals surface area contributed by atoms with Crippen molar-refractivity contribution in [1.29, 1.82) is 0 Å². The van der Waals surface area contributed by atoms with Crippen molar-refractivity contribution < 1.29 is 9.18 Å². The fourth-order valence-electron chi connectivity index (χ4n) is 3.18. The van der Waals surface area contributed by atoms with Crippen LogP contribution in [0.3, 0.4) is 0 Å². The molecule has 0 atom stereocenters. The molecule has 2 N–H and O–H groups in total. The van der Waals surface area contributed by atoms with Gasteiger partial charge in [0.2, 0.25) is 5.91 Å². The summed E-state index contributed by atoms with van der Waals surface area (Å²) >= 11 is 5.94. The van der Waals surface area contributed by atoms with Gasteiger partial charge in [0.05, 0.1) is 6.54 Å². The van der Waals surface area contributed by atoms with Gasteiger partial charge in [-0.25, -0.2) is 4.39 Å². The molecule has 0 saturated carbocycles. The zero-order valence-corrected chi connectivity index (χ0v) is 17.1. The number of carbonyl (C=O) groups excluding carboxylic acids is 1. The molecule has 3 rings (SSSR count). The molecule has 1 aliphatic heterocycles. The van der Waals surface area contributed by atoms with E-state index < -0.39 is 0 Å². The molecular weight excluding hydrogens is 393 g/mol. The number of hydrogen-bond donors (Lipinski definition) is 2. The lowest BCUT2D eigenvalue weighted by atomic mass is 10.2. The summed E-state index contributed by atoms with van der Waals surface area (Å²) in [5.74, 6) is 0.195. The molecule has 0 aromatic heterocycles. The van der Waals surface area contributed by atoms with E-state index in [0.717, 1.165) is 18.8 Å². The Morgan fingerprint density at radius 3 is 2.41 bits per heavy atom. The van der Waals surface area contributed by atoms with E-state index in [0.29, 0.717) is 36.2 Å². The van der Waals surface area contributed by atoms with E-state index in [4.69, 9.17) is 11.6 Å². The number of nitrogens with zero attached hydrogens (tertiary/aromatic N) is 3. The minimum Gasteiger partial charge on any atom is -0.368 e. The highest BCUT2D eigenvalue weighted by Crippen LogP contribution is 2.19. The van der Waals surface area contributed by atoms with Gasteiger partial charge in [-0.2, -0.15) is 0 Å². The molecule has 0 unspecified atom stereocenters. The van der Waals surface area contributed by atoms with Crippen molar-refractivity contribution in [3.05, 3.63) is 64.9 Å². The summed E-state index contributed by atoms with van der Waals surface area (Å²) in [7, 11) is 1.62. The summed E-state index contributed by atoms with van der Waals surface area (Å²) < 4.78 is 13.7. The quantitative estimate of drug-likeness (QED) is 0.579. The van der Waals surface area contributed by atoms with E-state index >= 15 is 0 Å². The first-order valence-electron chi connectivity index (χ1n) is 9.53. The molecular formula is C21H25ClFN5O. The molecule has 0 spiro atoms. The number of amides is 1. The Hall–Kier alpha value is -2.80. The van der Waals surface area contributed by atoms with Gasteiger partial charge in [0.15, 0.2) is 5.96 Å². The van der Waals surface area contributed by atoms with E-state index in [1.54, 1.807) is 25.2 Å². The van der Waals surface area contributed by atoms with Crippen molar-refractivity contribution in [2.45, 2.75) is 6.54 Å². The largest absolute Gasteiger partial charge is 0.368 e. The highest BCUT2D eigenvalue weighted by atomic mass is 35.5. The minimum absolute atomic E-state index is 0.00889. The standard InChI is InChI=1S/C21H25ClFN5O/c1-24-21(25-14-16-4-2-3-5-19(16)23)26-15-20(29)28-12-10-27(11-13-28)18-8-6-17(22)7-9-18/h2-9H,10-15H2,1H3,(H2,24,25,26). The molecule has 0 aliphatic carbocycles. The first kappa shape index (κ1) is 20.9. The van der Waals surface area contributed by atoms with Crippen molar-refractivity contribution in [2.24, 2.45) is 4.99 Å². The molecule has 2 aromatic rings. The van der Waals surface area contributed by atoms with Crippen LogP contribution in [0.1, 0.15) is 5.56 Å². The highest BCUT2D eigenvalue weighted by Gasteiger charge is 2.21. The molecule has 1 heterocycles. The zero-order chi connectivity index (χ0) is 20.6. The van der Waals surface area contributed by atoms with Crippen LogP contribution >= 0.6 is 11.6 Å². The number of aliphatic imine (C=N–C) groups is 1. The second kappa shape index (κ2) is 10.1. The Balaban J connectivity index is 1.43. The Labute approximate surface area is 175 Å². The SMILES string of the molecule is CN=C(NCC(=O)N1CCN(c2ccc(Cl)cc2)CC1)NCc1ccccc1F. The Morgan fingerprint density at radius 2 is 1.76 bits per heavy atom. The third kappa shape index (κ3) is 5.84. The van der Waals surface area contributed by atoms with E-state index in [1.807, 2.05) is 29.2 Å². The molecule has 8 heteroatoms. The third-order valence-corrected chi connectivity index (χ3v) is 5.11. The number of halogens is 2. The van der Waals surface area contributed by atoms with Gasteiger partial charge in [0.25, 0.3) is 0 Å². The van der Waals surface area contributed by atoms with E-state index in [9.17, 15) is 9.18 Å². The van der Waals surface area contributed by atoms with Crippen LogP contribution in [0, 0.1) is 5.82 Å². The number of benzene rings is 2. The highest BCUT2D eigenvalue weighted by molar-refractivity contribution is 6.30. The number of hydrogen-bond acceptors (Lipinski definition) is 3. The van der Waals surface area contributed by atoms with Crippen LogP contribution in [0.15, 0.2) is 53.5 Å². The number of piperazine rings is 1. The van der Waals surface area contributed by atoms with Gasteiger partial charge >= 0.3 is 0 Å².